The maximum atomic E-state index is 13.3. The van der Waals surface area contributed by atoms with E-state index in [0.717, 1.165) is 0 Å². The van der Waals surface area contributed by atoms with Gasteiger partial charge in [0.15, 0.2) is 0 Å². The Morgan fingerprint density at radius 2 is 2.21 bits per heavy atom. The van der Waals surface area contributed by atoms with E-state index in [1.807, 2.05) is 0 Å². The molecule has 0 unspecified atom stereocenters. The normalized spacial score (nSPS) is 10.6. The Bertz CT molecular complexity index is 508. The molecule has 0 aromatic carbocycles. The Hall–Kier alpha value is -2.19. The Morgan fingerprint density at radius 3 is 2.68 bits per heavy atom. The molecule has 0 bridgehead atoms. The van der Waals surface area contributed by atoms with Gasteiger partial charge in [-0.1, -0.05) is 0 Å². The van der Waals surface area contributed by atoms with Gasteiger partial charge in [0.1, 0.15) is 0 Å². The van der Waals surface area contributed by atoms with Gasteiger partial charge in [-0.15, -0.1) is 0 Å². The lowest BCUT2D eigenvalue weighted by Gasteiger charge is -2.05. The lowest BCUT2D eigenvalue weighted by atomic mass is 10.1. The SMILES string of the molecule is CCOC(=O)Cc1cc(F)c([N+](=O)[O-])nc1C(F)F. The van der Waals surface area contributed by atoms with Gasteiger partial charge in [-0.2, -0.15) is 4.39 Å². The van der Waals surface area contributed by atoms with E-state index in [1.165, 1.54) is 6.92 Å². The fourth-order valence-corrected chi connectivity index (χ4v) is 1.36. The second kappa shape index (κ2) is 6.12. The van der Waals surface area contributed by atoms with Gasteiger partial charge in [-0.05, 0) is 22.9 Å². The maximum Gasteiger partial charge on any atom is 0.400 e. The summed E-state index contributed by atoms with van der Waals surface area (Å²) >= 11 is 0. The van der Waals surface area contributed by atoms with Crippen LogP contribution in [0.1, 0.15) is 24.6 Å². The average Bonchev–Trinajstić information content (AvgIpc) is 2.28. The molecule has 0 atom stereocenters. The van der Waals surface area contributed by atoms with E-state index in [1.54, 1.807) is 0 Å². The minimum atomic E-state index is -3.16. The summed E-state index contributed by atoms with van der Waals surface area (Å²) in [6.45, 7) is 1.55. The highest BCUT2D eigenvalue weighted by Crippen LogP contribution is 2.26. The molecule has 0 saturated carbocycles. The number of hydrogen-bond donors (Lipinski definition) is 0. The van der Waals surface area contributed by atoms with Crippen LogP contribution in [0.4, 0.5) is 19.0 Å². The highest BCUT2D eigenvalue weighted by atomic mass is 19.3. The van der Waals surface area contributed by atoms with E-state index in [2.05, 4.69) is 9.72 Å². The minimum Gasteiger partial charge on any atom is -0.466 e. The van der Waals surface area contributed by atoms with Crippen LogP contribution in [-0.2, 0) is 16.0 Å². The largest absolute Gasteiger partial charge is 0.466 e. The third kappa shape index (κ3) is 3.63. The number of nitro groups is 1. The van der Waals surface area contributed by atoms with Crippen molar-refractivity contribution in [2.24, 2.45) is 0 Å². The average molecular weight is 278 g/mol. The zero-order valence-corrected chi connectivity index (χ0v) is 9.73. The molecule has 0 N–H and O–H groups in total. The van der Waals surface area contributed by atoms with Crippen molar-refractivity contribution in [2.45, 2.75) is 19.8 Å². The highest BCUT2D eigenvalue weighted by molar-refractivity contribution is 5.73. The number of alkyl halides is 2. The molecular formula is C10H9F3N2O4. The first-order valence-corrected chi connectivity index (χ1v) is 5.14. The van der Waals surface area contributed by atoms with Crippen LogP contribution in [0.2, 0.25) is 0 Å². The van der Waals surface area contributed by atoms with Crippen LogP contribution in [0.3, 0.4) is 0 Å². The van der Waals surface area contributed by atoms with Crippen LogP contribution in [0.15, 0.2) is 6.07 Å². The first-order chi connectivity index (χ1) is 8.86. The van der Waals surface area contributed by atoms with Crippen molar-refractivity contribution >= 4 is 11.8 Å². The maximum absolute atomic E-state index is 13.3. The second-order valence-corrected chi connectivity index (χ2v) is 3.38. The van der Waals surface area contributed by atoms with Crippen molar-refractivity contribution in [2.75, 3.05) is 6.61 Å². The number of aromatic nitrogens is 1. The predicted molar refractivity (Wildman–Crippen MR) is 56.1 cm³/mol. The van der Waals surface area contributed by atoms with Gasteiger partial charge in [0, 0.05) is 5.56 Å². The fourth-order valence-electron chi connectivity index (χ4n) is 1.36. The zero-order valence-electron chi connectivity index (χ0n) is 9.73. The summed E-state index contributed by atoms with van der Waals surface area (Å²) in [7, 11) is 0. The van der Waals surface area contributed by atoms with Crippen LogP contribution in [-0.4, -0.2) is 22.5 Å². The number of esters is 1. The molecule has 0 aliphatic heterocycles. The van der Waals surface area contributed by atoms with E-state index < -0.39 is 46.6 Å². The van der Waals surface area contributed by atoms with Crippen molar-refractivity contribution in [3.05, 3.63) is 33.3 Å². The van der Waals surface area contributed by atoms with E-state index in [0.29, 0.717) is 6.07 Å². The molecule has 0 radical (unpaired) electrons. The lowest BCUT2D eigenvalue weighted by Crippen LogP contribution is -2.12. The van der Waals surface area contributed by atoms with Gasteiger partial charge < -0.3 is 14.9 Å². The molecule has 19 heavy (non-hydrogen) atoms. The number of carbonyl (C=O) groups is 1. The molecule has 0 spiro atoms. The summed E-state index contributed by atoms with van der Waals surface area (Å²) in [5, 5.41) is 10.4. The molecule has 9 heteroatoms. The highest BCUT2D eigenvalue weighted by Gasteiger charge is 2.28. The summed E-state index contributed by atoms with van der Waals surface area (Å²) in [4.78, 5) is 23.3. The lowest BCUT2D eigenvalue weighted by molar-refractivity contribution is -0.392. The Balaban J connectivity index is 3.19. The Kier molecular flexibility index (Phi) is 4.79. The molecule has 0 aliphatic rings. The van der Waals surface area contributed by atoms with Gasteiger partial charge in [-0.3, -0.25) is 4.79 Å². The van der Waals surface area contributed by atoms with Crippen LogP contribution < -0.4 is 0 Å². The Morgan fingerprint density at radius 1 is 1.58 bits per heavy atom. The number of hydrogen-bond acceptors (Lipinski definition) is 5. The number of nitrogens with zero attached hydrogens (tertiary/aromatic N) is 2. The van der Waals surface area contributed by atoms with Crippen molar-refractivity contribution in [1.29, 1.82) is 0 Å². The van der Waals surface area contributed by atoms with Gasteiger partial charge in [0.2, 0.25) is 11.5 Å². The summed E-state index contributed by atoms with van der Waals surface area (Å²) in [6.07, 6.45) is -3.79. The predicted octanol–water partition coefficient (Wildman–Crippen LogP) is 2.17. The quantitative estimate of drug-likeness (QED) is 0.468. The van der Waals surface area contributed by atoms with Crippen molar-refractivity contribution in [3.8, 4) is 0 Å². The van der Waals surface area contributed by atoms with Crippen molar-refractivity contribution in [3.63, 3.8) is 0 Å². The van der Waals surface area contributed by atoms with Crippen LogP contribution in [0.5, 0.6) is 0 Å². The number of halogens is 3. The van der Waals surface area contributed by atoms with Gasteiger partial charge in [-0.25, -0.2) is 8.78 Å². The molecule has 6 nitrogen and oxygen atoms in total. The summed E-state index contributed by atoms with van der Waals surface area (Å²) in [6, 6.07) is 0.504. The van der Waals surface area contributed by atoms with Gasteiger partial charge in [0.05, 0.1) is 13.0 Å². The van der Waals surface area contributed by atoms with E-state index in [-0.39, 0.29) is 6.61 Å². The first-order valence-electron chi connectivity index (χ1n) is 5.14. The zero-order chi connectivity index (χ0) is 14.6. The van der Waals surface area contributed by atoms with Crippen LogP contribution in [0.25, 0.3) is 0 Å². The molecule has 1 aromatic rings. The molecule has 0 fully saturated rings. The molecule has 1 rings (SSSR count). The molecule has 1 heterocycles. The first kappa shape index (κ1) is 14.9. The summed E-state index contributed by atoms with van der Waals surface area (Å²) < 4.78 is 43.2. The standard InChI is InChI=1S/C10H9F3N2O4/c1-2-19-7(16)4-5-3-6(11)10(15(17)18)14-8(5)9(12)13/h3,9H,2,4H2,1H3. The summed E-state index contributed by atoms with van der Waals surface area (Å²) in [5.41, 5.74) is -1.43. The van der Waals surface area contributed by atoms with Crippen LogP contribution >= 0.6 is 0 Å². The van der Waals surface area contributed by atoms with Crippen molar-refractivity contribution in [1.82, 2.24) is 4.98 Å². The Labute approximate surface area is 105 Å². The van der Waals surface area contributed by atoms with E-state index in [4.69, 9.17) is 0 Å². The summed E-state index contributed by atoms with van der Waals surface area (Å²) in [5.74, 6) is -3.53. The molecule has 0 saturated heterocycles. The topological polar surface area (TPSA) is 82.3 Å². The smallest absolute Gasteiger partial charge is 0.400 e. The third-order valence-electron chi connectivity index (χ3n) is 2.09. The molecular weight excluding hydrogens is 269 g/mol. The number of ether oxygens (including phenoxy) is 1. The number of carbonyl (C=O) groups excluding carboxylic acids is 1. The monoisotopic (exact) mass is 278 g/mol. The van der Waals surface area contributed by atoms with Gasteiger partial charge >= 0.3 is 18.2 Å². The molecule has 104 valence electrons. The minimum absolute atomic E-state index is 0.0335. The second-order valence-electron chi connectivity index (χ2n) is 3.38. The third-order valence-corrected chi connectivity index (χ3v) is 2.09. The fraction of sp³-hybridized carbons (Fsp3) is 0.400. The van der Waals surface area contributed by atoms with E-state index >= 15 is 0 Å². The van der Waals surface area contributed by atoms with Crippen LogP contribution in [0, 0.1) is 15.9 Å². The molecule has 0 amide bonds. The van der Waals surface area contributed by atoms with E-state index in [9.17, 15) is 28.1 Å². The number of rotatable bonds is 5. The number of pyridine rings is 1. The molecule has 1 aromatic heterocycles. The molecule has 0 aliphatic carbocycles. The van der Waals surface area contributed by atoms with Gasteiger partial charge in [0.25, 0.3) is 0 Å². The van der Waals surface area contributed by atoms with Crippen molar-refractivity contribution < 1.29 is 27.6 Å².